The second kappa shape index (κ2) is 4.42. The first-order valence-corrected chi connectivity index (χ1v) is 4.19. The average Bonchev–Trinajstić information content (AvgIpc) is 2.13. The van der Waals surface area contributed by atoms with Crippen LogP contribution >= 0.6 is 0 Å². The van der Waals surface area contributed by atoms with Crippen molar-refractivity contribution >= 4 is 0 Å². The SMILES string of the molecule is COc1c(OC(F)(F)F)[nH]cc(C(F)(F)F)c1=O. The molecule has 0 radical (unpaired) electrons. The molecule has 0 aliphatic rings. The predicted molar refractivity (Wildman–Crippen MR) is 45.3 cm³/mol. The summed E-state index contributed by atoms with van der Waals surface area (Å²) in [5.41, 5.74) is -3.43. The minimum atomic E-state index is -5.17. The van der Waals surface area contributed by atoms with Crippen molar-refractivity contribution in [2.24, 2.45) is 0 Å². The summed E-state index contributed by atoms with van der Waals surface area (Å²) in [5.74, 6) is -2.45. The van der Waals surface area contributed by atoms with Crippen molar-refractivity contribution in [1.29, 1.82) is 0 Å². The van der Waals surface area contributed by atoms with Crippen LogP contribution in [-0.4, -0.2) is 18.5 Å². The largest absolute Gasteiger partial charge is 0.574 e. The van der Waals surface area contributed by atoms with Crippen molar-refractivity contribution in [3.8, 4) is 11.6 Å². The number of H-pyrrole nitrogens is 1. The lowest BCUT2D eigenvalue weighted by atomic mass is 10.2. The molecular weight excluding hydrogens is 272 g/mol. The molecule has 1 N–H and O–H groups in total. The van der Waals surface area contributed by atoms with Gasteiger partial charge < -0.3 is 14.5 Å². The molecular formula is C8H5F6NO3. The maximum atomic E-state index is 12.3. The zero-order valence-electron chi connectivity index (χ0n) is 8.57. The third-order valence-electron chi connectivity index (χ3n) is 1.73. The highest BCUT2D eigenvalue weighted by molar-refractivity contribution is 5.37. The molecule has 0 fully saturated rings. The van der Waals surface area contributed by atoms with Crippen molar-refractivity contribution in [1.82, 2.24) is 4.98 Å². The number of hydrogen-bond donors (Lipinski definition) is 1. The topological polar surface area (TPSA) is 51.3 Å². The van der Waals surface area contributed by atoms with Crippen molar-refractivity contribution in [2.45, 2.75) is 12.5 Å². The second-order valence-corrected chi connectivity index (χ2v) is 2.94. The average molecular weight is 277 g/mol. The number of aromatic amines is 1. The Bertz CT molecular complexity index is 489. The zero-order valence-corrected chi connectivity index (χ0v) is 8.57. The molecule has 0 bridgehead atoms. The van der Waals surface area contributed by atoms with Crippen LogP contribution in [0.3, 0.4) is 0 Å². The standard InChI is InChI=1S/C8H5F6NO3/c1-17-5-4(16)3(7(9,10)11)2-15-6(5)18-8(12,13)14/h2H,1H3,(H,15,16). The van der Waals surface area contributed by atoms with Gasteiger partial charge in [0.15, 0.2) is 0 Å². The van der Waals surface area contributed by atoms with E-state index in [1.807, 2.05) is 0 Å². The van der Waals surface area contributed by atoms with Gasteiger partial charge in [0, 0.05) is 6.20 Å². The molecule has 0 amide bonds. The van der Waals surface area contributed by atoms with E-state index in [-0.39, 0.29) is 6.20 Å². The summed E-state index contributed by atoms with van der Waals surface area (Å²) in [6, 6.07) is 0. The van der Waals surface area contributed by atoms with Crippen LogP contribution in [0, 0.1) is 0 Å². The van der Waals surface area contributed by atoms with E-state index in [2.05, 4.69) is 9.47 Å². The molecule has 0 saturated heterocycles. The Labute approximate surface area is 95.1 Å². The monoisotopic (exact) mass is 277 g/mol. The maximum Gasteiger partial charge on any atom is 0.574 e. The van der Waals surface area contributed by atoms with Crippen molar-refractivity contribution in [3.05, 3.63) is 22.0 Å². The molecule has 10 heteroatoms. The molecule has 18 heavy (non-hydrogen) atoms. The Kier molecular flexibility index (Phi) is 3.49. The Morgan fingerprint density at radius 2 is 1.72 bits per heavy atom. The van der Waals surface area contributed by atoms with Crippen molar-refractivity contribution in [2.75, 3.05) is 7.11 Å². The van der Waals surface area contributed by atoms with E-state index >= 15 is 0 Å². The Hall–Kier alpha value is -1.87. The second-order valence-electron chi connectivity index (χ2n) is 2.94. The fourth-order valence-electron chi connectivity index (χ4n) is 1.08. The van der Waals surface area contributed by atoms with Crippen LogP contribution in [0.2, 0.25) is 0 Å². The minimum absolute atomic E-state index is 0.0753. The Balaban J connectivity index is 3.35. The molecule has 0 spiro atoms. The number of hydrogen-bond acceptors (Lipinski definition) is 3. The van der Waals surface area contributed by atoms with Gasteiger partial charge in [0.05, 0.1) is 7.11 Å². The van der Waals surface area contributed by atoms with E-state index in [0.717, 1.165) is 7.11 Å². The number of aromatic nitrogens is 1. The highest BCUT2D eigenvalue weighted by Gasteiger charge is 2.38. The zero-order chi connectivity index (χ0) is 14.1. The van der Waals surface area contributed by atoms with E-state index in [0.29, 0.717) is 0 Å². The van der Waals surface area contributed by atoms with E-state index in [1.54, 1.807) is 4.98 Å². The molecule has 4 nitrogen and oxygen atoms in total. The Morgan fingerprint density at radius 3 is 2.11 bits per heavy atom. The Morgan fingerprint density at radius 1 is 1.17 bits per heavy atom. The molecule has 102 valence electrons. The van der Waals surface area contributed by atoms with Gasteiger partial charge in [0.1, 0.15) is 5.56 Å². The molecule has 1 rings (SSSR count). The summed E-state index contributed by atoms with van der Waals surface area (Å²) in [5, 5.41) is 0. The van der Waals surface area contributed by atoms with Gasteiger partial charge in [-0.05, 0) is 0 Å². The molecule has 1 aromatic heterocycles. The van der Waals surface area contributed by atoms with Gasteiger partial charge in [0.2, 0.25) is 17.1 Å². The van der Waals surface area contributed by atoms with E-state index in [1.165, 1.54) is 0 Å². The first-order valence-electron chi connectivity index (χ1n) is 4.19. The fourth-order valence-corrected chi connectivity index (χ4v) is 1.08. The number of methoxy groups -OCH3 is 1. The molecule has 0 saturated carbocycles. The number of halogens is 6. The third-order valence-corrected chi connectivity index (χ3v) is 1.73. The number of alkyl halides is 6. The van der Waals surface area contributed by atoms with Gasteiger partial charge in [-0.1, -0.05) is 0 Å². The molecule has 0 atom stereocenters. The van der Waals surface area contributed by atoms with Crippen LogP contribution < -0.4 is 14.9 Å². The summed E-state index contributed by atoms with van der Waals surface area (Å²) in [4.78, 5) is 12.8. The van der Waals surface area contributed by atoms with Gasteiger partial charge in [-0.15, -0.1) is 13.2 Å². The molecule has 1 heterocycles. The first-order chi connectivity index (χ1) is 8.06. The van der Waals surface area contributed by atoms with Gasteiger partial charge in [0.25, 0.3) is 0 Å². The summed E-state index contributed by atoms with van der Waals surface area (Å²) in [7, 11) is 0.744. The van der Waals surface area contributed by atoms with Crippen LogP contribution in [-0.2, 0) is 6.18 Å². The number of ether oxygens (including phenoxy) is 2. The van der Waals surface area contributed by atoms with E-state index in [4.69, 9.17) is 0 Å². The van der Waals surface area contributed by atoms with Gasteiger partial charge in [-0.3, -0.25) is 4.79 Å². The van der Waals surface area contributed by atoms with Crippen molar-refractivity contribution < 1.29 is 35.8 Å². The number of pyridine rings is 1. The summed E-state index contributed by atoms with van der Waals surface area (Å²) in [6.07, 6.45) is -10.1. The summed E-state index contributed by atoms with van der Waals surface area (Å²) in [6.45, 7) is 0. The highest BCUT2D eigenvalue weighted by Crippen LogP contribution is 2.32. The predicted octanol–water partition coefficient (Wildman–Crippen LogP) is 2.30. The molecule has 0 aliphatic carbocycles. The normalized spacial score (nSPS) is 12.4. The number of nitrogens with one attached hydrogen (secondary N) is 1. The minimum Gasteiger partial charge on any atom is -0.488 e. The lowest BCUT2D eigenvalue weighted by Gasteiger charge is -2.13. The first kappa shape index (κ1) is 14.2. The summed E-state index contributed by atoms with van der Waals surface area (Å²) >= 11 is 0. The molecule has 1 aromatic rings. The lowest BCUT2D eigenvalue weighted by molar-refractivity contribution is -0.276. The van der Waals surface area contributed by atoms with Gasteiger partial charge in [-0.25, -0.2) is 0 Å². The molecule has 0 aromatic carbocycles. The summed E-state index contributed by atoms with van der Waals surface area (Å²) < 4.78 is 80.1. The van der Waals surface area contributed by atoms with Gasteiger partial charge in [-0.2, -0.15) is 13.2 Å². The molecule has 0 aliphatic heterocycles. The van der Waals surface area contributed by atoms with Crippen LogP contribution in [0.4, 0.5) is 26.3 Å². The number of rotatable bonds is 2. The fraction of sp³-hybridized carbons (Fsp3) is 0.375. The van der Waals surface area contributed by atoms with Crippen LogP contribution in [0.1, 0.15) is 5.56 Å². The lowest BCUT2D eigenvalue weighted by Crippen LogP contribution is -2.24. The maximum absolute atomic E-state index is 12.3. The van der Waals surface area contributed by atoms with Crippen LogP contribution in [0.5, 0.6) is 11.6 Å². The van der Waals surface area contributed by atoms with Gasteiger partial charge >= 0.3 is 12.5 Å². The third kappa shape index (κ3) is 3.08. The van der Waals surface area contributed by atoms with E-state index < -0.39 is 35.2 Å². The van der Waals surface area contributed by atoms with Crippen LogP contribution in [0.15, 0.2) is 11.0 Å². The quantitative estimate of drug-likeness (QED) is 0.844. The van der Waals surface area contributed by atoms with E-state index in [9.17, 15) is 31.1 Å². The smallest absolute Gasteiger partial charge is 0.488 e. The highest BCUT2D eigenvalue weighted by atomic mass is 19.4. The van der Waals surface area contributed by atoms with Crippen molar-refractivity contribution in [3.63, 3.8) is 0 Å². The van der Waals surface area contributed by atoms with Crippen LogP contribution in [0.25, 0.3) is 0 Å². The molecule has 0 unspecified atom stereocenters.